The zero-order valence-electron chi connectivity index (χ0n) is 13.8. The van der Waals surface area contributed by atoms with E-state index in [0.29, 0.717) is 12.0 Å². The van der Waals surface area contributed by atoms with E-state index in [1.165, 1.54) is 10.1 Å². The molecule has 0 saturated heterocycles. The zero-order chi connectivity index (χ0) is 17.0. The van der Waals surface area contributed by atoms with Gasteiger partial charge in [-0.25, -0.2) is 0 Å². The lowest BCUT2D eigenvalue weighted by atomic mass is 10.0. The molecule has 0 fully saturated rings. The summed E-state index contributed by atoms with van der Waals surface area (Å²) in [6.07, 6.45) is 3.78. The van der Waals surface area contributed by atoms with Crippen LogP contribution >= 0.6 is 0 Å². The zero-order valence-corrected chi connectivity index (χ0v) is 13.8. The van der Waals surface area contributed by atoms with Crippen molar-refractivity contribution in [2.45, 2.75) is 45.6 Å². The van der Waals surface area contributed by atoms with Crippen molar-refractivity contribution < 1.29 is 4.92 Å². The molecular formula is C18H22N2O3. The van der Waals surface area contributed by atoms with Gasteiger partial charge in [0.1, 0.15) is 0 Å². The maximum atomic E-state index is 12.4. The summed E-state index contributed by atoms with van der Waals surface area (Å²) in [5, 5.41) is 11.3. The molecule has 0 radical (unpaired) electrons. The average Bonchev–Trinajstić information content (AvgIpc) is 2.46. The van der Waals surface area contributed by atoms with Gasteiger partial charge in [0, 0.05) is 17.3 Å². The highest BCUT2D eigenvalue weighted by atomic mass is 16.6. The number of nitrogens with zero attached hydrogens (tertiary/aromatic N) is 2. The molecule has 0 aliphatic rings. The molecule has 0 saturated carbocycles. The lowest BCUT2D eigenvalue weighted by Gasteiger charge is -2.22. The molecular weight excluding hydrogens is 292 g/mol. The lowest BCUT2D eigenvalue weighted by molar-refractivity contribution is -0.387. The van der Waals surface area contributed by atoms with Gasteiger partial charge in [-0.2, -0.15) is 0 Å². The standard InChI is InChI=1S/C18H22N2O3/c1-18(2,3)19-13-12-15(16(17(19)21)20(22)23)11-7-10-14-8-5-4-6-9-14/h4-6,8-9,12-13H,7,10-11H2,1-3H3. The predicted molar refractivity (Wildman–Crippen MR) is 90.8 cm³/mol. The van der Waals surface area contributed by atoms with E-state index in [1.807, 2.05) is 51.1 Å². The molecule has 0 aliphatic carbocycles. The molecule has 0 N–H and O–H groups in total. The summed E-state index contributed by atoms with van der Waals surface area (Å²) >= 11 is 0. The highest BCUT2D eigenvalue weighted by Crippen LogP contribution is 2.19. The molecule has 0 unspecified atom stereocenters. The monoisotopic (exact) mass is 314 g/mol. The third-order valence-electron chi connectivity index (χ3n) is 3.81. The Labute approximate surface area is 135 Å². The third-order valence-corrected chi connectivity index (χ3v) is 3.81. The number of nitro groups is 1. The predicted octanol–water partition coefficient (Wildman–Crippen LogP) is 3.69. The van der Waals surface area contributed by atoms with Crippen LogP contribution in [0.4, 0.5) is 5.69 Å². The minimum Gasteiger partial charge on any atom is -0.304 e. The Morgan fingerprint density at radius 2 is 1.74 bits per heavy atom. The van der Waals surface area contributed by atoms with Gasteiger partial charge in [-0.15, -0.1) is 0 Å². The number of hydrogen-bond acceptors (Lipinski definition) is 3. The van der Waals surface area contributed by atoms with Crippen LogP contribution in [-0.4, -0.2) is 9.49 Å². The van der Waals surface area contributed by atoms with Crippen LogP contribution < -0.4 is 5.56 Å². The highest BCUT2D eigenvalue weighted by molar-refractivity contribution is 5.38. The summed E-state index contributed by atoms with van der Waals surface area (Å²) in [5.41, 5.74) is 0.398. The second-order valence-electron chi connectivity index (χ2n) is 6.63. The molecule has 2 rings (SSSR count). The summed E-state index contributed by atoms with van der Waals surface area (Å²) in [6.45, 7) is 5.56. The molecule has 122 valence electrons. The van der Waals surface area contributed by atoms with Gasteiger partial charge in [-0.05, 0) is 51.7 Å². The Bertz CT molecular complexity index is 743. The van der Waals surface area contributed by atoms with Crippen LogP contribution in [0.2, 0.25) is 0 Å². The van der Waals surface area contributed by atoms with Gasteiger partial charge < -0.3 is 4.57 Å². The van der Waals surface area contributed by atoms with Crippen molar-refractivity contribution in [3.05, 3.63) is 74.2 Å². The summed E-state index contributed by atoms with van der Waals surface area (Å²) < 4.78 is 1.42. The lowest BCUT2D eigenvalue weighted by Crippen LogP contribution is -2.34. The Kier molecular flexibility index (Phi) is 4.98. The van der Waals surface area contributed by atoms with Gasteiger partial charge in [0.05, 0.1) is 4.92 Å². The van der Waals surface area contributed by atoms with Gasteiger partial charge in [-0.3, -0.25) is 14.9 Å². The number of pyridine rings is 1. The van der Waals surface area contributed by atoms with Crippen LogP contribution in [0, 0.1) is 10.1 Å². The second kappa shape index (κ2) is 6.77. The molecule has 0 atom stereocenters. The number of benzene rings is 1. The summed E-state index contributed by atoms with van der Waals surface area (Å²) in [4.78, 5) is 23.2. The summed E-state index contributed by atoms with van der Waals surface area (Å²) in [7, 11) is 0. The fraction of sp³-hybridized carbons (Fsp3) is 0.389. The van der Waals surface area contributed by atoms with Crippen LogP contribution in [-0.2, 0) is 18.4 Å². The first-order valence-electron chi connectivity index (χ1n) is 7.74. The third kappa shape index (κ3) is 4.06. The van der Waals surface area contributed by atoms with Crippen molar-refractivity contribution in [2.75, 3.05) is 0 Å². The first kappa shape index (κ1) is 16.9. The SMILES string of the molecule is CC(C)(C)n1ccc(CCCc2ccccc2)c([N+](=O)[O-])c1=O. The van der Waals surface area contributed by atoms with E-state index < -0.39 is 16.0 Å². The van der Waals surface area contributed by atoms with Gasteiger partial charge in [0.25, 0.3) is 0 Å². The molecule has 0 spiro atoms. The molecule has 0 bridgehead atoms. The van der Waals surface area contributed by atoms with E-state index in [4.69, 9.17) is 0 Å². The normalized spacial score (nSPS) is 11.4. The van der Waals surface area contributed by atoms with E-state index in [2.05, 4.69) is 0 Å². The Balaban J connectivity index is 2.24. The molecule has 5 heteroatoms. The second-order valence-corrected chi connectivity index (χ2v) is 6.63. The fourth-order valence-corrected chi connectivity index (χ4v) is 2.62. The molecule has 23 heavy (non-hydrogen) atoms. The van der Waals surface area contributed by atoms with E-state index in [9.17, 15) is 14.9 Å². The van der Waals surface area contributed by atoms with Crippen LogP contribution in [0.5, 0.6) is 0 Å². The highest BCUT2D eigenvalue weighted by Gasteiger charge is 2.25. The molecule has 2 aromatic rings. The van der Waals surface area contributed by atoms with Gasteiger partial charge in [0.2, 0.25) is 0 Å². The number of hydrogen-bond donors (Lipinski definition) is 0. The van der Waals surface area contributed by atoms with E-state index in [-0.39, 0.29) is 5.69 Å². The van der Waals surface area contributed by atoms with Gasteiger partial charge in [-0.1, -0.05) is 30.3 Å². The van der Waals surface area contributed by atoms with Crippen molar-refractivity contribution in [3.8, 4) is 0 Å². The quantitative estimate of drug-likeness (QED) is 0.624. The maximum Gasteiger partial charge on any atom is 0.337 e. The van der Waals surface area contributed by atoms with Crippen molar-refractivity contribution >= 4 is 5.69 Å². The molecule has 1 aromatic carbocycles. The van der Waals surface area contributed by atoms with Crippen molar-refractivity contribution in [3.63, 3.8) is 0 Å². The van der Waals surface area contributed by atoms with Crippen LogP contribution in [0.25, 0.3) is 0 Å². The van der Waals surface area contributed by atoms with Crippen molar-refractivity contribution in [2.24, 2.45) is 0 Å². The summed E-state index contributed by atoms with van der Waals surface area (Å²) in [5.74, 6) is 0. The van der Waals surface area contributed by atoms with E-state index >= 15 is 0 Å². The fourth-order valence-electron chi connectivity index (χ4n) is 2.62. The Morgan fingerprint density at radius 3 is 2.30 bits per heavy atom. The van der Waals surface area contributed by atoms with Gasteiger partial charge in [0.15, 0.2) is 0 Å². The first-order valence-corrected chi connectivity index (χ1v) is 7.74. The molecule has 1 heterocycles. The topological polar surface area (TPSA) is 65.1 Å². The summed E-state index contributed by atoms with van der Waals surface area (Å²) in [6, 6.07) is 11.7. The van der Waals surface area contributed by atoms with Gasteiger partial charge >= 0.3 is 11.2 Å². The Hall–Kier alpha value is -2.43. The molecule has 0 amide bonds. The van der Waals surface area contributed by atoms with Crippen molar-refractivity contribution in [1.82, 2.24) is 4.57 Å². The van der Waals surface area contributed by atoms with Crippen LogP contribution in [0.3, 0.4) is 0 Å². The van der Waals surface area contributed by atoms with Crippen molar-refractivity contribution in [1.29, 1.82) is 0 Å². The molecule has 1 aromatic heterocycles. The first-order chi connectivity index (χ1) is 10.8. The van der Waals surface area contributed by atoms with E-state index in [1.54, 1.807) is 12.3 Å². The minimum absolute atomic E-state index is 0.296. The smallest absolute Gasteiger partial charge is 0.304 e. The molecule has 5 nitrogen and oxygen atoms in total. The van der Waals surface area contributed by atoms with E-state index in [0.717, 1.165) is 12.8 Å². The average molecular weight is 314 g/mol. The largest absolute Gasteiger partial charge is 0.337 e. The molecule has 0 aliphatic heterocycles. The number of aromatic nitrogens is 1. The minimum atomic E-state index is -0.553. The van der Waals surface area contributed by atoms with Crippen LogP contribution in [0.15, 0.2) is 47.4 Å². The number of aryl methyl sites for hydroxylation is 2. The maximum absolute atomic E-state index is 12.4. The Morgan fingerprint density at radius 1 is 1.09 bits per heavy atom. The van der Waals surface area contributed by atoms with Crippen LogP contribution in [0.1, 0.15) is 38.3 Å². The number of rotatable bonds is 5.